The van der Waals surface area contributed by atoms with Crippen LogP contribution in [0.15, 0.2) is 0 Å². The molecule has 0 saturated heterocycles. The van der Waals surface area contributed by atoms with Gasteiger partial charge in [0.05, 0.1) is 6.61 Å². The van der Waals surface area contributed by atoms with E-state index in [1.165, 1.54) is 6.92 Å². The number of hydrogen-bond acceptors (Lipinski definition) is 4. The SMILES string of the molecule is C.CC(F)(F)OC(C)(F)F.CCOC(C)(F)F.CCOCC.CCOCC. The monoisotopic (exact) mass is 420 g/mol. The van der Waals surface area contributed by atoms with Crippen molar-refractivity contribution in [2.75, 3.05) is 33.0 Å². The molecular weight excluding hydrogens is 382 g/mol. The maximum Gasteiger partial charge on any atom is 0.357 e. The molecular formula is C17H38F6O4. The van der Waals surface area contributed by atoms with Crippen molar-refractivity contribution in [1.29, 1.82) is 0 Å². The van der Waals surface area contributed by atoms with E-state index in [1.807, 2.05) is 27.7 Å². The predicted octanol–water partition coefficient (Wildman–Crippen LogP) is 6.59. The first-order valence-electron chi connectivity index (χ1n) is 8.23. The lowest BCUT2D eigenvalue weighted by atomic mass is 10.7. The number of hydrogen-bond donors (Lipinski definition) is 0. The molecule has 0 radical (unpaired) electrons. The Morgan fingerprint density at radius 1 is 0.519 bits per heavy atom. The van der Waals surface area contributed by atoms with E-state index in [1.54, 1.807) is 0 Å². The van der Waals surface area contributed by atoms with E-state index < -0.39 is 18.3 Å². The zero-order chi connectivity index (χ0) is 21.9. The maximum absolute atomic E-state index is 11.5. The van der Waals surface area contributed by atoms with Crippen molar-refractivity contribution < 1.29 is 45.3 Å². The first kappa shape index (κ1) is 37.2. The maximum atomic E-state index is 11.5. The van der Waals surface area contributed by atoms with Gasteiger partial charge in [-0.15, -0.1) is 0 Å². The van der Waals surface area contributed by atoms with Crippen LogP contribution < -0.4 is 0 Å². The Morgan fingerprint density at radius 2 is 0.778 bits per heavy atom. The molecule has 0 amide bonds. The summed E-state index contributed by atoms with van der Waals surface area (Å²) in [7, 11) is 0. The summed E-state index contributed by atoms with van der Waals surface area (Å²) in [4.78, 5) is 0. The molecule has 0 aliphatic heterocycles. The molecule has 27 heavy (non-hydrogen) atoms. The summed E-state index contributed by atoms with van der Waals surface area (Å²) in [5, 5.41) is 0. The van der Waals surface area contributed by atoms with Crippen LogP contribution >= 0.6 is 0 Å². The highest BCUT2D eigenvalue weighted by Crippen LogP contribution is 2.24. The summed E-state index contributed by atoms with van der Waals surface area (Å²) < 4.78 is 85.6. The summed E-state index contributed by atoms with van der Waals surface area (Å²) >= 11 is 0. The third-order valence-electron chi connectivity index (χ3n) is 1.57. The normalized spacial score (nSPS) is 10.9. The molecule has 0 rings (SSSR count). The minimum atomic E-state index is -3.77. The van der Waals surface area contributed by atoms with Gasteiger partial charge in [-0.3, -0.25) is 4.74 Å². The molecule has 0 aliphatic rings. The minimum absolute atomic E-state index is 0. The number of rotatable bonds is 8. The van der Waals surface area contributed by atoms with Crippen molar-refractivity contribution in [2.45, 2.75) is 81.1 Å². The van der Waals surface area contributed by atoms with Gasteiger partial charge in [-0.2, -0.15) is 26.3 Å². The smallest absolute Gasteiger partial charge is 0.357 e. The standard InChI is InChI=1S/C4H6F4O.C4H8F2O.2C4H10O.CH4/c1-3(5,6)9-4(2,7)8;1-3-7-4(2,5)6;2*1-3-5-4-2;/h1-2H3;3H2,1-2H3;2*3-4H2,1-2H3;1H4. The van der Waals surface area contributed by atoms with Gasteiger partial charge in [0.25, 0.3) is 0 Å². The fraction of sp³-hybridized carbons (Fsp3) is 1.00. The Balaban J connectivity index is -0.0000000813. The highest BCUT2D eigenvalue weighted by Gasteiger charge is 2.35. The molecule has 0 bridgehead atoms. The van der Waals surface area contributed by atoms with Crippen LogP contribution in [0.2, 0.25) is 0 Å². The van der Waals surface area contributed by atoms with Gasteiger partial charge in [-0.1, -0.05) is 7.43 Å². The average Bonchev–Trinajstić information content (AvgIpc) is 2.37. The predicted molar refractivity (Wildman–Crippen MR) is 95.6 cm³/mol. The Hall–Kier alpha value is -0.580. The van der Waals surface area contributed by atoms with Crippen LogP contribution in [-0.4, -0.2) is 51.4 Å². The van der Waals surface area contributed by atoms with Gasteiger partial charge < -0.3 is 14.2 Å². The van der Waals surface area contributed by atoms with E-state index in [4.69, 9.17) is 9.47 Å². The third kappa shape index (κ3) is 77.4. The van der Waals surface area contributed by atoms with E-state index >= 15 is 0 Å². The van der Waals surface area contributed by atoms with Crippen LogP contribution in [0.3, 0.4) is 0 Å². The van der Waals surface area contributed by atoms with E-state index in [0.717, 1.165) is 33.4 Å². The molecule has 0 aromatic heterocycles. The summed E-state index contributed by atoms with van der Waals surface area (Å²) in [6.45, 7) is 14.1. The highest BCUT2D eigenvalue weighted by atomic mass is 19.3. The number of alkyl halides is 6. The minimum Gasteiger partial charge on any atom is -0.382 e. The van der Waals surface area contributed by atoms with Gasteiger partial charge in [0.15, 0.2) is 0 Å². The van der Waals surface area contributed by atoms with Crippen LogP contribution in [0.1, 0.15) is 62.8 Å². The lowest BCUT2D eigenvalue weighted by Crippen LogP contribution is -2.27. The zero-order valence-electron chi connectivity index (χ0n) is 16.9. The Labute approximate surface area is 160 Å². The molecule has 0 aromatic carbocycles. The lowest BCUT2D eigenvalue weighted by Gasteiger charge is -2.16. The molecule has 0 N–H and O–H groups in total. The molecule has 0 heterocycles. The average molecular weight is 420 g/mol. The van der Waals surface area contributed by atoms with Crippen LogP contribution in [-0.2, 0) is 18.9 Å². The summed E-state index contributed by atoms with van der Waals surface area (Å²) in [5.74, 6) is 0. The third-order valence-corrected chi connectivity index (χ3v) is 1.57. The Bertz CT molecular complexity index is 242. The summed E-state index contributed by atoms with van der Waals surface area (Å²) in [6.07, 6.45) is -10.5. The van der Waals surface area contributed by atoms with E-state index in [0.29, 0.717) is 0 Å². The van der Waals surface area contributed by atoms with Crippen molar-refractivity contribution in [3.8, 4) is 0 Å². The van der Waals surface area contributed by atoms with Crippen LogP contribution in [0.4, 0.5) is 26.3 Å². The second-order valence-corrected chi connectivity index (χ2v) is 4.52. The summed E-state index contributed by atoms with van der Waals surface area (Å²) in [5.41, 5.74) is 0. The van der Waals surface area contributed by atoms with E-state index in [9.17, 15) is 26.3 Å². The molecule has 0 aromatic rings. The molecule has 0 fully saturated rings. The molecule has 172 valence electrons. The van der Waals surface area contributed by atoms with Crippen molar-refractivity contribution in [1.82, 2.24) is 0 Å². The van der Waals surface area contributed by atoms with Crippen LogP contribution in [0.5, 0.6) is 0 Å². The van der Waals surface area contributed by atoms with Gasteiger partial charge in [0, 0.05) is 47.2 Å². The number of ether oxygens (including phenoxy) is 4. The van der Waals surface area contributed by atoms with Crippen molar-refractivity contribution >= 4 is 0 Å². The quantitative estimate of drug-likeness (QED) is 0.415. The first-order valence-corrected chi connectivity index (χ1v) is 8.23. The first-order chi connectivity index (χ1) is 11.6. The van der Waals surface area contributed by atoms with Crippen molar-refractivity contribution in [3.05, 3.63) is 0 Å². The molecule has 0 unspecified atom stereocenters. The molecule has 0 atom stereocenters. The van der Waals surface area contributed by atoms with E-state index in [2.05, 4.69) is 9.47 Å². The number of halogens is 6. The van der Waals surface area contributed by atoms with Gasteiger partial charge >= 0.3 is 18.3 Å². The second kappa shape index (κ2) is 21.7. The fourth-order valence-corrected chi connectivity index (χ4v) is 0.976. The van der Waals surface area contributed by atoms with Crippen molar-refractivity contribution in [2.24, 2.45) is 0 Å². The second-order valence-electron chi connectivity index (χ2n) is 4.52. The molecule has 0 saturated carbocycles. The van der Waals surface area contributed by atoms with E-state index in [-0.39, 0.29) is 27.9 Å². The van der Waals surface area contributed by atoms with Crippen molar-refractivity contribution in [3.63, 3.8) is 0 Å². The highest BCUT2D eigenvalue weighted by molar-refractivity contribution is 4.45. The zero-order valence-corrected chi connectivity index (χ0v) is 16.9. The molecule has 4 nitrogen and oxygen atoms in total. The molecule has 0 aliphatic carbocycles. The van der Waals surface area contributed by atoms with Gasteiger partial charge in [0.1, 0.15) is 0 Å². The summed E-state index contributed by atoms with van der Waals surface area (Å²) in [6, 6.07) is 0. The Kier molecular flexibility index (Phi) is 29.9. The fourth-order valence-electron chi connectivity index (χ4n) is 0.976. The van der Waals surface area contributed by atoms with Gasteiger partial charge in [0.2, 0.25) is 0 Å². The lowest BCUT2D eigenvalue weighted by molar-refractivity contribution is -0.359. The van der Waals surface area contributed by atoms with Gasteiger partial charge in [-0.25, -0.2) is 0 Å². The van der Waals surface area contributed by atoms with Gasteiger partial charge in [-0.05, 0) is 34.6 Å². The van der Waals surface area contributed by atoms with Crippen LogP contribution in [0.25, 0.3) is 0 Å². The largest absolute Gasteiger partial charge is 0.382 e. The Morgan fingerprint density at radius 3 is 0.778 bits per heavy atom. The topological polar surface area (TPSA) is 36.9 Å². The van der Waals surface area contributed by atoms with Crippen LogP contribution in [0, 0.1) is 0 Å². The molecule has 10 heteroatoms. The molecule has 0 spiro atoms.